The van der Waals surface area contributed by atoms with E-state index in [2.05, 4.69) is 0 Å². The van der Waals surface area contributed by atoms with E-state index in [9.17, 15) is 23.1 Å². The van der Waals surface area contributed by atoms with Crippen LogP contribution in [-0.2, 0) is 12.7 Å². The molecule has 0 amide bonds. The summed E-state index contributed by atoms with van der Waals surface area (Å²) in [6, 6.07) is 9.03. The van der Waals surface area contributed by atoms with Gasteiger partial charge in [0.05, 0.1) is 18.5 Å². The van der Waals surface area contributed by atoms with Crippen molar-refractivity contribution in [3.63, 3.8) is 0 Å². The fourth-order valence-corrected chi connectivity index (χ4v) is 4.47. The Morgan fingerprint density at radius 3 is 2.39 bits per heavy atom. The molecule has 1 saturated carbocycles. The van der Waals surface area contributed by atoms with Crippen molar-refractivity contribution >= 4 is 11.0 Å². The van der Waals surface area contributed by atoms with E-state index in [1.807, 2.05) is 14.0 Å². The van der Waals surface area contributed by atoms with Crippen LogP contribution in [0.1, 0.15) is 49.0 Å². The summed E-state index contributed by atoms with van der Waals surface area (Å²) in [7, 11) is 1.92. The normalized spacial score (nSPS) is 16.2. The Kier molecular flexibility index (Phi) is 6.38. The second-order valence-electron chi connectivity index (χ2n) is 8.78. The predicted molar refractivity (Wildman–Crippen MR) is 116 cm³/mol. The molecule has 0 aliphatic heterocycles. The Balaban J connectivity index is 1.82. The van der Waals surface area contributed by atoms with Gasteiger partial charge in [-0.05, 0) is 50.8 Å². The number of hydrogen-bond acceptors (Lipinski definition) is 4. The van der Waals surface area contributed by atoms with Crippen LogP contribution in [-0.4, -0.2) is 13.1 Å². The maximum absolute atomic E-state index is 13.9. The number of benzene rings is 2. The van der Waals surface area contributed by atoms with E-state index in [0.717, 1.165) is 36.1 Å². The van der Waals surface area contributed by atoms with Crippen molar-refractivity contribution in [2.75, 3.05) is 7.05 Å². The number of hydrogen-bond donors (Lipinski definition) is 1. The maximum atomic E-state index is 13.9. The van der Waals surface area contributed by atoms with E-state index in [1.54, 1.807) is 12.1 Å². The molecule has 2 aromatic carbocycles. The van der Waals surface area contributed by atoms with Gasteiger partial charge in [-0.25, -0.2) is 0 Å². The topological polar surface area (TPSA) is 66.9 Å². The van der Waals surface area contributed by atoms with E-state index in [0.29, 0.717) is 6.04 Å². The minimum absolute atomic E-state index is 0.0832. The fourth-order valence-electron chi connectivity index (χ4n) is 4.47. The van der Waals surface area contributed by atoms with Crippen LogP contribution in [0.4, 0.5) is 13.2 Å². The average molecular weight is 461 g/mol. The molecule has 1 aliphatic carbocycles. The van der Waals surface area contributed by atoms with Gasteiger partial charge in [0.2, 0.25) is 11.2 Å². The highest BCUT2D eigenvalue weighted by atomic mass is 19.4. The maximum Gasteiger partial charge on any atom is 0.453 e. The van der Waals surface area contributed by atoms with Gasteiger partial charge < -0.3 is 19.2 Å². The minimum atomic E-state index is -4.98. The van der Waals surface area contributed by atoms with Gasteiger partial charge in [-0.3, -0.25) is 4.79 Å². The zero-order valence-electron chi connectivity index (χ0n) is 18.6. The number of fused-ring (bicyclic) bond motifs is 1. The second kappa shape index (κ2) is 9.09. The predicted octanol–water partition coefficient (Wildman–Crippen LogP) is 4.33. The van der Waals surface area contributed by atoms with E-state index in [4.69, 9.17) is 9.15 Å². The highest BCUT2D eigenvalue weighted by Gasteiger charge is 2.41. The van der Waals surface area contributed by atoms with Gasteiger partial charge in [0, 0.05) is 5.56 Å². The largest absolute Gasteiger partial charge is 0.872 e. The van der Waals surface area contributed by atoms with Crippen molar-refractivity contribution < 1.29 is 32.3 Å². The van der Waals surface area contributed by atoms with Gasteiger partial charge in [0.15, 0.2) is 0 Å². The molecular weight excluding hydrogens is 435 g/mol. The number of aryl methyl sites for hydroxylation is 1. The van der Waals surface area contributed by atoms with Gasteiger partial charge in [-0.2, -0.15) is 13.2 Å². The molecule has 4 rings (SSSR count). The first-order valence-corrected chi connectivity index (χ1v) is 11.1. The van der Waals surface area contributed by atoms with Crippen LogP contribution >= 0.6 is 0 Å². The lowest BCUT2D eigenvalue weighted by atomic mass is 9.94. The molecule has 1 atom stereocenters. The third-order valence-electron chi connectivity index (χ3n) is 6.33. The summed E-state index contributed by atoms with van der Waals surface area (Å²) in [5, 5.41) is 12.5. The van der Waals surface area contributed by atoms with Crippen LogP contribution in [0, 0.1) is 6.92 Å². The van der Waals surface area contributed by atoms with E-state index >= 15 is 0 Å². The van der Waals surface area contributed by atoms with Gasteiger partial charge in [0.1, 0.15) is 17.9 Å². The molecule has 1 fully saturated rings. The van der Waals surface area contributed by atoms with E-state index < -0.39 is 28.9 Å². The van der Waals surface area contributed by atoms with Crippen LogP contribution in [0.25, 0.3) is 11.0 Å². The average Bonchev–Trinajstić information content (AvgIpc) is 2.78. The van der Waals surface area contributed by atoms with Crippen molar-refractivity contribution in [2.24, 2.45) is 0 Å². The molecule has 0 spiro atoms. The lowest BCUT2D eigenvalue weighted by molar-refractivity contribution is -0.921. The number of ether oxygens (including phenoxy) is 1. The van der Waals surface area contributed by atoms with Crippen LogP contribution in [0.2, 0.25) is 0 Å². The van der Waals surface area contributed by atoms with Gasteiger partial charge in [-0.1, -0.05) is 35.9 Å². The zero-order valence-corrected chi connectivity index (χ0v) is 18.6. The highest BCUT2D eigenvalue weighted by molar-refractivity contribution is 5.83. The third-order valence-corrected chi connectivity index (χ3v) is 6.33. The summed E-state index contributed by atoms with van der Waals surface area (Å²) in [6.45, 7) is 2.00. The molecule has 3 aromatic rings. The van der Waals surface area contributed by atoms with Crippen LogP contribution < -0.4 is 20.2 Å². The first-order chi connectivity index (χ1) is 15.6. The Bertz CT molecular complexity index is 1200. The fraction of sp³-hybridized carbons (Fsp3) is 0.400. The Morgan fingerprint density at radius 1 is 1.09 bits per heavy atom. The molecule has 5 nitrogen and oxygen atoms in total. The zero-order chi connectivity index (χ0) is 23.8. The van der Waals surface area contributed by atoms with E-state index in [-0.39, 0.29) is 28.8 Å². The van der Waals surface area contributed by atoms with Gasteiger partial charge in [-0.15, -0.1) is 0 Å². The molecule has 33 heavy (non-hydrogen) atoms. The number of halogens is 3. The van der Waals surface area contributed by atoms with Crippen molar-refractivity contribution in [3.05, 3.63) is 63.5 Å². The number of alkyl halides is 3. The van der Waals surface area contributed by atoms with Crippen LogP contribution in [0.5, 0.6) is 17.2 Å². The molecule has 1 unspecified atom stereocenters. The van der Waals surface area contributed by atoms with Crippen LogP contribution in [0.15, 0.2) is 45.6 Å². The number of rotatable bonds is 5. The highest BCUT2D eigenvalue weighted by Crippen LogP contribution is 2.39. The molecular formula is C25H26F3NO4. The molecule has 1 heterocycles. The lowest BCUT2D eigenvalue weighted by Crippen LogP contribution is -3.11. The smallest absolute Gasteiger partial charge is 0.453 e. The standard InChI is InChI=1S/C25H26F3NO4/c1-15-8-10-17(11-9-15)32-23-21(31)18-12-13-20(30)19(22(18)33-24(23)25(26,27)28)14-29(2)16-6-4-3-5-7-16/h8-13,16,30H,3-7,14H2,1-2H3. The van der Waals surface area contributed by atoms with Gasteiger partial charge >= 0.3 is 6.18 Å². The Hall–Kier alpha value is -3.00. The van der Waals surface area contributed by atoms with Crippen molar-refractivity contribution in [1.82, 2.24) is 0 Å². The summed E-state index contributed by atoms with van der Waals surface area (Å²) >= 11 is 0. The first-order valence-electron chi connectivity index (χ1n) is 11.1. The van der Waals surface area contributed by atoms with Crippen molar-refractivity contribution in [2.45, 2.75) is 57.8 Å². The monoisotopic (exact) mass is 461 g/mol. The number of quaternary nitrogens is 1. The van der Waals surface area contributed by atoms with Crippen molar-refractivity contribution in [3.8, 4) is 17.2 Å². The lowest BCUT2D eigenvalue weighted by Gasteiger charge is -2.29. The summed E-state index contributed by atoms with van der Waals surface area (Å²) in [5.74, 6) is -2.83. The van der Waals surface area contributed by atoms with E-state index in [1.165, 1.54) is 30.7 Å². The SMILES string of the molecule is Cc1ccc(Oc2c(C(F)(F)F)oc3c(C[NH+](C)C4CCCCC4)c([O-])ccc3c2=O)cc1. The third kappa shape index (κ3) is 4.85. The molecule has 1 aliphatic rings. The molecule has 0 radical (unpaired) electrons. The first kappa shape index (κ1) is 23.2. The van der Waals surface area contributed by atoms with Crippen molar-refractivity contribution in [1.29, 1.82) is 0 Å². The molecule has 0 saturated heterocycles. The molecule has 8 heteroatoms. The Labute approximate surface area is 189 Å². The quantitative estimate of drug-likeness (QED) is 0.614. The second-order valence-corrected chi connectivity index (χ2v) is 8.78. The van der Waals surface area contributed by atoms with Crippen LogP contribution in [0.3, 0.4) is 0 Å². The summed E-state index contributed by atoms with van der Waals surface area (Å²) in [6.07, 6.45) is 0.363. The summed E-state index contributed by atoms with van der Waals surface area (Å²) < 4.78 is 52.4. The molecule has 0 bridgehead atoms. The molecule has 176 valence electrons. The summed E-state index contributed by atoms with van der Waals surface area (Å²) in [5.41, 5.74) is -0.298. The number of nitrogens with one attached hydrogen (secondary N) is 1. The minimum Gasteiger partial charge on any atom is -0.872 e. The summed E-state index contributed by atoms with van der Waals surface area (Å²) in [4.78, 5) is 14.1. The molecule has 1 N–H and O–H groups in total. The van der Waals surface area contributed by atoms with Gasteiger partial charge in [0.25, 0.3) is 5.76 Å². The molecule has 1 aromatic heterocycles. The Morgan fingerprint density at radius 2 is 1.76 bits per heavy atom.